The Kier molecular flexibility index (Phi) is 4.50. The molecule has 1 aromatic heterocycles. The summed E-state index contributed by atoms with van der Waals surface area (Å²) < 4.78 is 5.82. The van der Waals surface area contributed by atoms with Gasteiger partial charge in [-0.2, -0.15) is 0 Å². The fourth-order valence-corrected chi connectivity index (χ4v) is 3.39. The Morgan fingerprint density at radius 3 is 2.79 bits per heavy atom. The molecule has 0 amide bonds. The monoisotopic (exact) mass is 293 g/mol. The average Bonchev–Trinajstić information content (AvgIpc) is 2.81. The molecule has 2 aromatic rings. The van der Waals surface area contributed by atoms with Gasteiger partial charge in [-0.15, -0.1) is 23.1 Å². The molecule has 5 heteroatoms. The molecule has 0 radical (unpaired) electrons. The number of methoxy groups -OCH3 is 1. The highest BCUT2D eigenvalue weighted by Gasteiger charge is 2.14. The van der Waals surface area contributed by atoms with Gasteiger partial charge in [0.15, 0.2) is 0 Å². The lowest BCUT2D eigenvalue weighted by Crippen LogP contribution is -1.97. The Hall–Kier alpha value is -1.46. The Labute approximate surface area is 121 Å². The van der Waals surface area contributed by atoms with E-state index >= 15 is 0 Å². The van der Waals surface area contributed by atoms with Gasteiger partial charge in [0.05, 0.1) is 17.0 Å². The summed E-state index contributed by atoms with van der Waals surface area (Å²) in [5.74, 6) is -0.294. The van der Waals surface area contributed by atoms with Gasteiger partial charge in [-0.3, -0.25) is 0 Å². The van der Waals surface area contributed by atoms with Crippen LogP contribution in [0.15, 0.2) is 34.5 Å². The second-order valence-corrected chi connectivity index (χ2v) is 6.13. The molecule has 1 aromatic carbocycles. The third-order valence-electron chi connectivity index (χ3n) is 2.57. The molecule has 0 aliphatic rings. The summed E-state index contributed by atoms with van der Waals surface area (Å²) >= 11 is 3.06. The topological polar surface area (TPSA) is 38.3 Å². The Bertz CT molecular complexity index is 593. The van der Waals surface area contributed by atoms with Crippen molar-refractivity contribution in [2.24, 2.45) is 0 Å². The molecule has 0 saturated heterocycles. The number of thiophene rings is 1. The summed E-state index contributed by atoms with van der Waals surface area (Å²) in [5, 5.41) is 3.35. The lowest BCUT2D eigenvalue weighted by Gasteiger charge is -2.06. The number of esters is 1. The minimum Gasteiger partial charge on any atom is -0.465 e. The molecular formula is C14H15NO2S2. The van der Waals surface area contributed by atoms with E-state index < -0.39 is 0 Å². The molecule has 0 saturated carbocycles. The number of hydrogen-bond acceptors (Lipinski definition) is 5. The van der Waals surface area contributed by atoms with Crippen molar-refractivity contribution in [3.63, 3.8) is 0 Å². The SMILES string of the molecule is COC(=O)c1cc(Nc2cccc(C)c2)c(SC)s1. The first kappa shape index (κ1) is 14.0. The molecule has 1 heterocycles. The fourth-order valence-electron chi connectivity index (χ4n) is 1.69. The number of carbonyl (C=O) groups excluding carboxylic acids is 1. The maximum Gasteiger partial charge on any atom is 0.348 e. The van der Waals surface area contributed by atoms with E-state index in [1.165, 1.54) is 24.0 Å². The third-order valence-corrected chi connectivity index (χ3v) is 4.82. The summed E-state index contributed by atoms with van der Waals surface area (Å²) in [6, 6.07) is 9.97. The van der Waals surface area contributed by atoms with E-state index in [-0.39, 0.29) is 5.97 Å². The summed E-state index contributed by atoms with van der Waals surface area (Å²) in [5.41, 5.74) is 3.16. The van der Waals surface area contributed by atoms with Gasteiger partial charge >= 0.3 is 5.97 Å². The van der Waals surface area contributed by atoms with Crippen LogP contribution in [-0.2, 0) is 4.74 Å². The first-order valence-electron chi connectivity index (χ1n) is 5.74. The van der Waals surface area contributed by atoms with Gasteiger partial charge in [-0.25, -0.2) is 4.79 Å². The van der Waals surface area contributed by atoms with Crippen molar-refractivity contribution in [1.29, 1.82) is 0 Å². The highest BCUT2D eigenvalue weighted by atomic mass is 32.2. The van der Waals surface area contributed by atoms with Gasteiger partial charge in [-0.05, 0) is 36.9 Å². The highest BCUT2D eigenvalue weighted by molar-refractivity contribution is 8.00. The van der Waals surface area contributed by atoms with E-state index in [0.29, 0.717) is 4.88 Å². The van der Waals surface area contributed by atoms with Crippen LogP contribution in [0.5, 0.6) is 0 Å². The maximum atomic E-state index is 11.6. The Morgan fingerprint density at radius 1 is 1.37 bits per heavy atom. The molecule has 100 valence electrons. The molecule has 19 heavy (non-hydrogen) atoms. The highest BCUT2D eigenvalue weighted by Crippen LogP contribution is 2.36. The standard InChI is InChI=1S/C14H15NO2S2/c1-9-5-4-6-10(7-9)15-11-8-12(13(16)17-2)19-14(11)18-3/h4-8,15H,1-3H3. The van der Waals surface area contributed by atoms with Gasteiger partial charge in [0.25, 0.3) is 0 Å². The summed E-state index contributed by atoms with van der Waals surface area (Å²) in [6.45, 7) is 2.05. The molecule has 0 spiro atoms. The largest absolute Gasteiger partial charge is 0.465 e. The number of aryl methyl sites for hydroxylation is 1. The second kappa shape index (κ2) is 6.12. The molecule has 2 rings (SSSR count). The van der Waals surface area contributed by atoms with Crippen molar-refractivity contribution in [2.45, 2.75) is 11.1 Å². The van der Waals surface area contributed by atoms with Crippen molar-refractivity contribution in [2.75, 3.05) is 18.7 Å². The summed E-state index contributed by atoms with van der Waals surface area (Å²) in [4.78, 5) is 12.2. The molecule has 1 N–H and O–H groups in total. The quantitative estimate of drug-likeness (QED) is 0.673. The van der Waals surface area contributed by atoms with Crippen LogP contribution in [-0.4, -0.2) is 19.3 Å². The van der Waals surface area contributed by atoms with Crippen molar-refractivity contribution in [3.05, 3.63) is 40.8 Å². The minimum absolute atomic E-state index is 0.294. The lowest BCUT2D eigenvalue weighted by molar-refractivity contribution is 0.0606. The van der Waals surface area contributed by atoms with Crippen molar-refractivity contribution in [1.82, 2.24) is 0 Å². The Morgan fingerprint density at radius 2 is 2.16 bits per heavy atom. The van der Waals surface area contributed by atoms with Crippen LogP contribution in [0.25, 0.3) is 0 Å². The number of hydrogen-bond donors (Lipinski definition) is 1. The molecule has 0 bridgehead atoms. The van der Waals surface area contributed by atoms with E-state index in [2.05, 4.69) is 11.4 Å². The van der Waals surface area contributed by atoms with Crippen LogP contribution >= 0.6 is 23.1 Å². The summed E-state index contributed by atoms with van der Waals surface area (Å²) in [6.07, 6.45) is 1.99. The Balaban J connectivity index is 2.29. The van der Waals surface area contributed by atoms with Crippen molar-refractivity contribution in [3.8, 4) is 0 Å². The van der Waals surface area contributed by atoms with Crippen LogP contribution in [0.3, 0.4) is 0 Å². The van der Waals surface area contributed by atoms with E-state index in [1.807, 2.05) is 37.4 Å². The number of thioether (sulfide) groups is 1. The molecule has 0 aliphatic heterocycles. The molecule has 0 aliphatic carbocycles. The number of benzene rings is 1. The lowest BCUT2D eigenvalue weighted by atomic mass is 10.2. The zero-order chi connectivity index (χ0) is 13.8. The number of ether oxygens (including phenoxy) is 1. The number of rotatable bonds is 4. The van der Waals surface area contributed by atoms with Gasteiger partial charge in [-0.1, -0.05) is 12.1 Å². The normalized spacial score (nSPS) is 10.3. The first-order valence-corrected chi connectivity index (χ1v) is 7.78. The van der Waals surface area contributed by atoms with Crippen LogP contribution in [0.1, 0.15) is 15.2 Å². The van der Waals surface area contributed by atoms with E-state index in [0.717, 1.165) is 15.6 Å². The maximum absolute atomic E-state index is 11.6. The van der Waals surface area contributed by atoms with Gasteiger partial charge < -0.3 is 10.1 Å². The predicted molar refractivity (Wildman–Crippen MR) is 81.9 cm³/mol. The van der Waals surface area contributed by atoms with Gasteiger partial charge in [0.2, 0.25) is 0 Å². The third kappa shape index (κ3) is 3.30. The van der Waals surface area contributed by atoms with E-state index in [1.54, 1.807) is 11.8 Å². The number of nitrogens with one attached hydrogen (secondary N) is 1. The van der Waals surface area contributed by atoms with Crippen molar-refractivity contribution < 1.29 is 9.53 Å². The van der Waals surface area contributed by atoms with Crippen LogP contribution in [0.2, 0.25) is 0 Å². The fraction of sp³-hybridized carbons (Fsp3) is 0.214. The molecule has 0 fully saturated rings. The molecule has 3 nitrogen and oxygen atoms in total. The number of anilines is 2. The van der Waals surface area contributed by atoms with E-state index in [9.17, 15) is 4.79 Å². The number of carbonyl (C=O) groups is 1. The van der Waals surface area contributed by atoms with Crippen LogP contribution in [0, 0.1) is 6.92 Å². The van der Waals surface area contributed by atoms with Crippen LogP contribution in [0.4, 0.5) is 11.4 Å². The average molecular weight is 293 g/mol. The van der Waals surface area contributed by atoms with Gasteiger partial charge in [0, 0.05) is 5.69 Å². The zero-order valence-electron chi connectivity index (χ0n) is 11.0. The van der Waals surface area contributed by atoms with E-state index in [4.69, 9.17) is 4.74 Å². The minimum atomic E-state index is -0.294. The zero-order valence-corrected chi connectivity index (χ0v) is 12.7. The predicted octanol–water partition coefficient (Wildman–Crippen LogP) is 4.31. The molecule has 0 atom stereocenters. The summed E-state index contributed by atoms with van der Waals surface area (Å²) in [7, 11) is 1.40. The first-order chi connectivity index (χ1) is 9.13. The molecule has 0 unspecified atom stereocenters. The van der Waals surface area contributed by atoms with Crippen LogP contribution < -0.4 is 5.32 Å². The smallest absolute Gasteiger partial charge is 0.348 e. The molecular weight excluding hydrogens is 278 g/mol. The van der Waals surface area contributed by atoms with Crippen molar-refractivity contribution >= 4 is 40.4 Å². The second-order valence-electron chi connectivity index (χ2n) is 4.00. The van der Waals surface area contributed by atoms with Gasteiger partial charge in [0.1, 0.15) is 4.88 Å².